The Morgan fingerprint density at radius 2 is 1.76 bits per heavy atom. The van der Waals surface area contributed by atoms with Gasteiger partial charge in [-0.2, -0.15) is 0 Å². The van der Waals surface area contributed by atoms with Crippen molar-refractivity contribution in [2.75, 3.05) is 18.0 Å². The number of anilines is 1. The topological polar surface area (TPSA) is 70.9 Å². The average Bonchev–Trinajstić information content (AvgIpc) is 3.14. The lowest BCUT2D eigenvalue weighted by molar-refractivity contribution is 0.00619. The highest BCUT2D eigenvalue weighted by molar-refractivity contribution is 6.31. The molecule has 0 N–H and O–H groups in total. The van der Waals surface area contributed by atoms with E-state index in [-0.39, 0.29) is 30.4 Å². The molecule has 8 nitrogen and oxygen atoms in total. The summed E-state index contributed by atoms with van der Waals surface area (Å²) in [6, 6.07) is 6.19. The van der Waals surface area contributed by atoms with E-state index in [1.54, 1.807) is 23.4 Å². The van der Waals surface area contributed by atoms with Gasteiger partial charge in [0.15, 0.2) is 5.69 Å². The second-order valence-corrected chi connectivity index (χ2v) is 11.0. The van der Waals surface area contributed by atoms with E-state index in [4.69, 9.17) is 16.3 Å². The number of carbonyl (C=O) groups excluding carboxylic acids is 2. The molecule has 1 aromatic heterocycles. The van der Waals surface area contributed by atoms with Crippen LogP contribution < -0.4 is 4.90 Å². The lowest BCUT2D eigenvalue weighted by Gasteiger charge is -2.47. The number of carbonyl (C=O) groups is 2. The summed E-state index contributed by atoms with van der Waals surface area (Å²) in [7, 11) is 0. The summed E-state index contributed by atoms with van der Waals surface area (Å²) in [6.45, 7) is 15.6. The van der Waals surface area contributed by atoms with E-state index in [0.717, 1.165) is 5.69 Å². The fourth-order valence-corrected chi connectivity index (χ4v) is 5.40. The summed E-state index contributed by atoms with van der Waals surface area (Å²) in [5, 5.41) is 0.541. The number of rotatable bonds is 2. The third-order valence-corrected chi connectivity index (χ3v) is 6.57. The van der Waals surface area contributed by atoms with Gasteiger partial charge in [-0.05, 0) is 66.7 Å². The van der Waals surface area contributed by atoms with Gasteiger partial charge in [-0.1, -0.05) is 11.6 Å². The van der Waals surface area contributed by atoms with Crippen LogP contribution in [-0.4, -0.2) is 68.2 Å². The molecule has 0 bridgehead atoms. The smallest absolute Gasteiger partial charge is 0.359 e. The Morgan fingerprint density at radius 3 is 2.35 bits per heavy atom. The Balaban J connectivity index is 1.70. The van der Waals surface area contributed by atoms with E-state index in [1.165, 1.54) is 0 Å². The number of piperazine rings is 1. The van der Waals surface area contributed by atoms with Crippen molar-refractivity contribution in [1.82, 2.24) is 19.4 Å². The van der Waals surface area contributed by atoms with Gasteiger partial charge in [-0.3, -0.25) is 14.4 Å². The van der Waals surface area contributed by atoms with Crippen molar-refractivity contribution in [3.63, 3.8) is 0 Å². The first-order valence-electron chi connectivity index (χ1n) is 11.8. The van der Waals surface area contributed by atoms with E-state index in [2.05, 4.69) is 37.6 Å². The molecule has 34 heavy (non-hydrogen) atoms. The van der Waals surface area contributed by atoms with Crippen LogP contribution in [0.15, 0.2) is 24.5 Å². The van der Waals surface area contributed by atoms with Gasteiger partial charge in [0.25, 0.3) is 0 Å². The normalized spacial score (nSPS) is 20.9. The highest BCUT2D eigenvalue weighted by Gasteiger charge is 2.38. The molecular weight excluding hydrogens is 454 g/mol. The van der Waals surface area contributed by atoms with Gasteiger partial charge in [0.05, 0.1) is 23.6 Å². The van der Waals surface area contributed by atoms with Crippen LogP contribution in [0.3, 0.4) is 0 Å². The number of amides is 2. The van der Waals surface area contributed by atoms with Crippen LogP contribution in [0.25, 0.3) is 5.69 Å². The molecule has 3 heterocycles. The number of hydrogen-bond donors (Lipinski definition) is 0. The van der Waals surface area contributed by atoms with E-state index in [1.807, 2.05) is 36.3 Å². The van der Waals surface area contributed by atoms with Crippen molar-refractivity contribution in [3.8, 4) is 5.69 Å². The molecule has 0 radical (unpaired) electrons. The van der Waals surface area contributed by atoms with Crippen molar-refractivity contribution in [2.24, 2.45) is 0 Å². The Morgan fingerprint density at radius 1 is 1.12 bits per heavy atom. The zero-order valence-corrected chi connectivity index (χ0v) is 21.8. The maximum atomic E-state index is 13.9. The zero-order valence-electron chi connectivity index (χ0n) is 21.0. The Hall–Kier alpha value is -2.58. The summed E-state index contributed by atoms with van der Waals surface area (Å²) in [6.07, 6.45) is 1.61. The summed E-state index contributed by atoms with van der Waals surface area (Å²) >= 11 is 6.33. The standard InChI is InChI=1S/C25H34ClN5O3/c1-15(2)31-16(3)11-28(12-17(31)4)24(33)29-13-21-22(23(32)34-25(5,6)7)27-14-30(21)19-9-8-18(26)10-20(19)29/h8-10,14-17H,11-13H2,1-7H3/t16-,17+. The van der Waals surface area contributed by atoms with Gasteiger partial charge < -0.3 is 9.64 Å². The van der Waals surface area contributed by atoms with Crippen molar-refractivity contribution >= 4 is 29.3 Å². The van der Waals surface area contributed by atoms with Crippen LogP contribution in [0.5, 0.6) is 0 Å². The molecule has 2 atom stereocenters. The maximum absolute atomic E-state index is 13.9. The molecule has 2 aliphatic rings. The predicted molar refractivity (Wildman–Crippen MR) is 133 cm³/mol. The number of ether oxygens (including phenoxy) is 1. The van der Waals surface area contributed by atoms with Gasteiger partial charge in [-0.25, -0.2) is 14.6 Å². The van der Waals surface area contributed by atoms with Crippen molar-refractivity contribution in [1.29, 1.82) is 0 Å². The molecule has 2 aromatic rings. The molecule has 0 aliphatic carbocycles. The Bertz CT molecular complexity index is 1090. The number of benzene rings is 1. The summed E-state index contributed by atoms with van der Waals surface area (Å²) < 4.78 is 7.42. The first-order valence-corrected chi connectivity index (χ1v) is 12.2. The van der Waals surface area contributed by atoms with Crippen LogP contribution in [0.4, 0.5) is 10.5 Å². The third-order valence-electron chi connectivity index (χ3n) is 6.34. The van der Waals surface area contributed by atoms with E-state index < -0.39 is 11.6 Å². The minimum absolute atomic E-state index is 0.104. The van der Waals surface area contributed by atoms with Gasteiger partial charge >= 0.3 is 12.0 Å². The first kappa shape index (κ1) is 24.5. The number of imidazole rings is 1. The SMILES string of the molecule is CC(C)N1[C@H](C)CN(C(=O)N2Cc3c(C(=O)OC(C)(C)C)ncn3-c3ccc(Cl)cc32)C[C@@H]1C. The number of urea groups is 1. The number of nitrogens with zero attached hydrogens (tertiary/aromatic N) is 5. The van der Waals surface area contributed by atoms with Crippen LogP contribution in [0.2, 0.25) is 5.02 Å². The van der Waals surface area contributed by atoms with E-state index in [9.17, 15) is 9.59 Å². The van der Waals surface area contributed by atoms with E-state index in [0.29, 0.717) is 35.5 Å². The van der Waals surface area contributed by atoms with Crippen molar-refractivity contribution < 1.29 is 14.3 Å². The lowest BCUT2D eigenvalue weighted by Crippen LogP contribution is -2.62. The van der Waals surface area contributed by atoms with Gasteiger partial charge in [0.2, 0.25) is 0 Å². The second-order valence-electron chi connectivity index (χ2n) is 10.6. The zero-order chi connectivity index (χ0) is 24.9. The van der Waals surface area contributed by atoms with Crippen LogP contribution in [0.1, 0.15) is 64.6 Å². The third kappa shape index (κ3) is 4.53. The van der Waals surface area contributed by atoms with Gasteiger partial charge in [0.1, 0.15) is 11.9 Å². The number of halogens is 1. The molecular formula is C25H34ClN5O3. The molecule has 4 rings (SSSR count). The number of hydrogen-bond acceptors (Lipinski definition) is 5. The minimum atomic E-state index is -0.647. The fourth-order valence-electron chi connectivity index (χ4n) is 5.23. The van der Waals surface area contributed by atoms with Crippen molar-refractivity contribution in [3.05, 3.63) is 40.9 Å². The minimum Gasteiger partial charge on any atom is -0.455 e. The molecule has 184 valence electrons. The quantitative estimate of drug-likeness (QED) is 0.573. The summed E-state index contributed by atoms with van der Waals surface area (Å²) in [4.78, 5) is 37.2. The average molecular weight is 488 g/mol. The molecule has 1 aromatic carbocycles. The molecule has 2 aliphatic heterocycles. The monoisotopic (exact) mass is 487 g/mol. The Labute approximate surface area is 206 Å². The number of aromatic nitrogens is 2. The second kappa shape index (κ2) is 8.89. The fraction of sp³-hybridized carbons (Fsp3) is 0.560. The maximum Gasteiger partial charge on any atom is 0.359 e. The number of fused-ring (bicyclic) bond motifs is 3. The van der Waals surface area contributed by atoms with Crippen LogP contribution in [0, 0.1) is 0 Å². The first-order chi connectivity index (χ1) is 15.9. The summed E-state index contributed by atoms with van der Waals surface area (Å²) in [5.41, 5.74) is 1.65. The highest BCUT2D eigenvalue weighted by Crippen LogP contribution is 2.36. The van der Waals surface area contributed by atoms with Gasteiger partial charge in [0, 0.05) is 36.2 Å². The highest BCUT2D eigenvalue weighted by atomic mass is 35.5. The molecule has 1 fully saturated rings. The van der Waals surface area contributed by atoms with Crippen LogP contribution in [-0.2, 0) is 11.3 Å². The van der Waals surface area contributed by atoms with Crippen LogP contribution >= 0.6 is 11.6 Å². The molecule has 0 spiro atoms. The number of esters is 1. The molecule has 0 saturated carbocycles. The predicted octanol–water partition coefficient (Wildman–Crippen LogP) is 4.72. The lowest BCUT2D eigenvalue weighted by atomic mass is 10.1. The Kier molecular flexibility index (Phi) is 6.42. The largest absolute Gasteiger partial charge is 0.455 e. The van der Waals surface area contributed by atoms with Crippen molar-refractivity contribution in [2.45, 2.75) is 78.7 Å². The summed E-state index contributed by atoms with van der Waals surface area (Å²) in [5.74, 6) is -0.501. The van der Waals surface area contributed by atoms with Gasteiger partial charge in [-0.15, -0.1) is 0 Å². The molecule has 0 unspecified atom stereocenters. The molecule has 2 amide bonds. The van der Waals surface area contributed by atoms with E-state index >= 15 is 0 Å². The molecule has 1 saturated heterocycles. The molecule has 9 heteroatoms.